The topological polar surface area (TPSA) is 52.3 Å². The van der Waals surface area contributed by atoms with Crippen LogP contribution in [0.5, 0.6) is 5.75 Å². The lowest BCUT2D eigenvalue weighted by Gasteiger charge is -2.06. The summed E-state index contributed by atoms with van der Waals surface area (Å²) < 4.78 is 11.3. The zero-order valence-electron chi connectivity index (χ0n) is 16.8. The van der Waals surface area contributed by atoms with Crippen molar-refractivity contribution in [2.24, 2.45) is 0 Å². The first kappa shape index (κ1) is 20.0. The molecule has 0 radical (unpaired) electrons. The fourth-order valence-electron chi connectivity index (χ4n) is 3.20. The van der Waals surface area contributed by atoms with Crippen LogP contribution in [0.1, 0.15) is 15.9 Å². The van der Waals surface area contributed by atoms with Crippen molar-refractivity contribution in [3.8, 4) is 28.3 Å². The van der Waals surface area contributed by atoms with Gasteiger partial charge in [-0.15, -0.1) is 0 Å². The summed E-state index contributed by atoms with van der Waals surface area (Å²) in [4.78, 5) is 17.4. The first-order chi connectivity index (χ1) is 14.7. The average molecular weight is 416 g/mol. The summed E-state index contributed by atoms with van der Waals surface area (Å²) in [6.07, 6.45) is 0. The number of aryl methyl sites for hydroxylation is 1. The molecule has 4 rings (SSSR count). The maximum atomic E-state index is 12.7. The number of oxazole rings is 1. The number of carbonyl (C=O) groups is 1. The number of thioether (sulfide) groups is 1. The number of Topliss-reactive ketones (excluding diaryl/α,β-unsaturated/α-hetero) is 1. The molecule has 0 saturated heterocycles. The maximum Gasteiger partial charge on any atom is 0.257 e. The van der Waals surface area contributed by atoms with Gasteiger partial charge in [0, 0.05) is 16.7 Å². The maximum absolute atomic E-state index is 12.7. The third-order valence-corrected chi connectivity index (χ3v) is 5.56. The van der Waals surface area contributed by atoms with Gasteiger partial charge < -0.3 is 9.15 Å². The summed E-state index contributed by atoms with van der Waals surface area (Å²) >= 11 is 1.30. The molecule has 0 fully saturated rings. The molecule has 4 nitrogen and oxygen atoms in total. The van der Waals surface area contributed by atoms with Gasteiger partial charge in [-0.05, 0) is 30.7 Å². The van der Waals surface area contributed by atoms with Crippen molar-refractivity contribution in [2.75, 3.05) is 12.9 Å². The van der Waals surface area contributed by atoms with Gasteiger partial charge in [-0.3, -0.25) is 4.79 Å². The van der Waals surface area contributed by atoms with Gasteiger partial charge in [0.1, 0.15) is 11.4 Å². The van der Waals surface area contributed by atoms with Gasteiger partial charge in [0.25, 0.3) is 5.22 Å². The van der Waals surface area contributed by atoms with E-state index in [1.165, 1.54) is 11.8 Å². The molecular formula is C25H21NO3S. The molecule has 30 heavy (non-hydrogen) atoms. The number of benzene rings is 3. The average Bonchev–Trinajstić information content (AvgIpc) is 3.23. The zero-order chi connectivity index (χ0) is 20.9. The van der Waals surface area contributed by atoms with Crippen molar-refractivity contribution < 1.29 is 13.9 Å². The smallest absolute Gasteiger partial charge is 0.257 e. The second-order valence-electron chi connectivity index (χ2n) is 6.79. The minimum absolute atomic E-state index is 0.0199. The molecular weight excluding hydrogens is 394 g/mol. The van der Waals surface area contributed by atoms with E-state index in [2.05, 4.69) is 0 Å². The molecule has 3 aromatic carbocycles. The Morgan fingerprint density at radius 2 is 1.63 bits per heavy atom. The van der Waals surface area contributed by atoms with Gasteiger partial charge in [-0.2, -0.15) is 0 Å². The zero-order valence-corrected chi connectivity index (χ0v) is 17.6. The Morgan fingerprint density at radius 3 is 2.27 bits per heavy atom. The monoisotopic (exact) mass is 415 g/mol. The fourth-order valence-corrected chi connectivity index (χ4v) is 3.92. The van der Waals surface area contributed by atoms with Crippen LogP contribution in [0.3, 0.4) is 0 Å². The van der Waals surface area contributed by atoms with E-state index >= 15 is 0 Å². The van der Waals surface area contributed by atoms with Gasteiger partial charge in [-0.1, -0.05) is 72.4 Å². The number of hydrogen-bond acceptors (Lipinski definition) is 5. The second kappa shape index (κ2) is 9.01. The second-order valence-corrected chi connectivity index (χ2v) is 7.71. The molecule has 0 unspecified atom stereocenters. The Labute approximate surface area is 179 Å². The van der Waals surface area contributed by atoms with Crippen molar-refractivity contribution in [1.82, 2.24) is 4.98 Å². The normalized spacial score (nSPS) is 10.7. The van der Waals surface area contributed by atoms with Crippen LogP contribution in [0.25, 0.3) is 22.6 Å². The standard InChI is InChI=1S/C25H21NO3S/c1-17-15-20(13-14-22(17)28-2)21(27)16-30-25-26-23(18-9-5-3-6-10-18)24(29-25)19-11-7-4-8-12-19/h3-15H,16H2,1-2H3. The van der Waals surface area contributed by atoms with Gasteiger partial charge in [0.05, 0.1) is 12.9 Å². The van der Waals surface area contributed by atoms with Crippen LogP contribution in [-0.4, -0.2) is 23.6 Å². The number of ether oxygens (including phenoxy) is 1. The molecule has 0 aliphatic carbocycles. The van der Waals surface area contributed by atoms with E-state index in [9.17, 15) is 4.79 Å². The first-order valence-electron chi connectivity index (χ1n) is 9.58. The highest BCUT2D eigenvalue weighted by Gasteiger charge is 2.18. The van der Waals surface area contributed by atoms with Crippen molar-refractivity contribution in [3.63, 3.8) is 0 Å². The van der Waals surface area contributed by atoms with E-state index in [1.54, 1.807) is 13.2 Å². The largest absolute Gasteiger partial charge is 0.496 e. The molecule has 0 amide bonds. The quantitative estimate of drug-likeness (QED) is 0.262. The van der Waals surface area contributed by atoms with Gasteiger partial charge in [0.2, 0.25) is 0 Å². The molecule has 0 bridgehead atoms. The molecule has 0 aliphatic rings. The molecule has 150 valence electrons. The summed E-state index contributed by atoms with van der Waals surface area (Å²) in [6.45, 7) is 1.93. The number of rotatable bonds is 7. The molecule has 4 aromatic rings. The van der Waals surface area contributed by atoms with E-state index in [0.29, 0.717) is 16.5 Å². The number of hydrogen-bond donors (Lipinski definition) is 0. The Hall–Kier alpha value is -3.31. The third-order valence-electron chi connectivity index (χ3n) is 4.73. The lowest BCUT2D eigenvalue weighted by atomic mass is 10.1. The number of carbonyl (C=O) groups excluding carboxylic acids is 1. The minimum atomic E-state index is 0.0199. The summed E-state index contributed by atoms with van der Waals surface area (Å²) in [5.41, 5.74) is 4.29. The lowest BCUT2D eigenvalue weighted by Crippen LogP contribution is -2.03. The Balaban J connectivity index is 1.58. The predicted molar refractivity (Wildman–Crippen MR) is 120 cm³/mol. The van der Waals surface area contributed by atoms with Crippen LogP contribution >= 0.6 is 11.8 Å². The van der Waals surface area contributed by atoms with E-state index in [4.69, 9.17) is 14.1 Å². The van der Waals surface area contributed by atoms with E-state index in [0.717, 1.165) is 28.1 Å². The van der Waals surface area contributed by atoms with Crippen LogP contribution in [0.15, 0.2) is 88.5 Å². The lowest BCUT2D eigenvalue weighted by molar-refractivity contribution is 0.102. The molecule has 0 N–H and O–H groups in total. The van der Waals surface area contributed by atoms with E-state index in [-0.39, 0.29) is 11.5 Å². The van der Waals surface area contributed by atoms with Crippen molar-refractivity contribution >= 4 is 17.5 Å². The number of ketones is 1. The summed E-state index contributed by atoms with van der Waals surface area (Å²) in [5.74, 6) is 1.74. The highest BCUT2D eigenvalue weighted by Crippen LogP contribution is 2.35. The highest BCUT2D eigenvalue weighted by atomic mass is 32.2. The SMILES string of the molecule is COc1ccc(C(=O)CSc2nc(-c3ccccc3)c(-c3ccccc3)o2)cc1C. The molecule has 0 atom stereocenters. The van der Waals surface area contributed by atoms with Crippen LogP contribution < -0.4 is 4.74 Å². The van der Waals surface area contributed by atoms with Gasteiger partial charge in [0.15, 0.2) is 11.5 Å². The predicted octanol–water partition coefficient (Wildman–Crippen LogP) is 6.30. The number of aromatic nitrogens is 1. The van der Waals surface area contributed by atoms with Crippen LogP contribution in [0.2, 0.25) is 0 Å². The van der Waals surface area contributed by atoms with Gasteiger partial charge >= 0.3 is 0 Å². The van der Waals surface area contributed by atoms with E-state index < -0.39 is 0 Å². The van der Waals surface area contributed by atoms with Crippen LogP contribution in [0.4, 0.5) is 0 Å². The number of nitrogens with zero attached hydrogens (tertiary/aromatic N) is 1. The Kier molecular flexibility index (Phi) is 6.00. The first-order valence-corrected chi connectivity index (χ1v) is 10.6. The van der Waals surface area contributed by atoms with Crippen LogP contribution in [0, 0.1) is 6.92 Å². The Morgan fingerprint density at radius 1 is 0.967 bits per heavy atom. The molecule has 1 aromatic heterocycles. The molecule has 1 heterocycles. The summed E-state index contributed by atoms with van der Waals surface area (Å²) in [5, 5.41) is 0.478. The van der Waals surface area contributed by atoms with Gasteiger partial charge in [-0.25, -0.2) is 4.98 Å². The highest BCUT2D eigenvalue weighted by molar-refractivity contribution is 7.99. The molecule has 5 heteroatoms. The van der Waals surface area contributed by atoms with Crippen LogP contribution in [-0.2, 0) is 0 Å². The fraction of sp³-hybridized carbons (Fsp3) is 0.120. The minimum Gasteiger partial charge on any atom is -0.496 e. The summed E-state index contributed by atoms with van der Waals surface area (Å²) in [7, 11) is 1.62. The number of methoxy groups -OCH3 is 1. The van der Waals surface area contributed by atoms with Crippen molar-refractivity contribution in [3.05, 3.63) is 90.0 Å². The summed E-state index contributed by atoms with van der Waals surface area (Å²) in [6, 6.07) is 25.3. The van der Waals surface area contributed by atoms with E-state index in [1.807, 2.05) is 79.7 Å². The van der Waals surface area contributed by atoms with Crippen molar-refractivity contribution in [1.29, 1.82) is 0 Å². The Bertz CT molecular complexity index is 1100. The molecule has 0 spiro atoms. The van der Waals surface area contributed by atoms with Crippen molar-refractivity contribution in [2.45, 2.75) is 12.1 Å². The molecule has 0 aliphatic heterocycles. The third kappa shape index (κ3) is 4.31. The molecule has 0 saturated carbocycles.